The summed E-state index contributed by atoms with van der Waals surface area (Å²) in [6, 6.07) is 20.9. The minimum Gasteiger partial charge on any atom is -0.252 e. The van der Waals surface area contributed by atoms with Crippen molar-refractivity contribution in [2.24, 2.45) is 0 Å². The van der Waals surface area contributed by atoms with Gasteiger partial charge in [-0.15, -0.1) is 0 Å². The highest BCUT2D eigenvalue weighted by atomic mass is 14.7. The number of benzene rings is 2. The minimum absolute atomic E-state index is 1.06. The smallest absolute Gasteiger partial charge is 0.0783 e. The Morgan fingerprint density at radius 2 is 1.59 bits per heavy atom. The van der Waals surface area contributed by atoms with Crippen LogP contribution in [0.1, 0.15) is 5.69 Å². The quantitative estimate of drug-likeness (QED) is 0.597. The molecule has 0 unspecified atom stereocenters. The third-order valence-corrected chi connectivity index (χ3v) is 2.94. The Morgan fingerprint density at radius 3 is 2.41 bits per heavy atom. The molecule has 0 fully saturated rings. The summed E-state index contributed by atoms with van der Waals surface area (Å²) in [4.78, 5) is 4.65. The number of pyridine rings is 1. The van der Waals surface area contributed by atoms with Crippen molar-refractivity contribution >= 4 is 10.9 Å². The Morgan fingerprint density at radius 1 is 0.765 bits per heavy atom. The van der Waals surface area contributed by atoms with Crippen LogP contribution in [0, 0.1) is 6.92 Å². The van der Waals surface area contributed by atoms with Gasteiger partial charge in [-0.2, -0.15) is 0 Å². The molecule has 1 heterocycles. The van der Waals surface area contributed by atoms with E-state index in [9.17, 15) is 0 Å². The zero-order valence-electron chi connectivity index (χ0n) is 9.72. The second-order valence-electron chi connectivity index (χ2n) is 4.20. The van der Waals surface area contributed by atoms with Gasteiger partial charge in [0.15, 0.2) is 0 Å². The van der Waals surface area contributed by atoms with Gasteiger partial charge in [0.1, 0.15) is 0 Å². The monoisotopic (exact) mass is 219 g/mol. The van der Waals surface area contributed by atoms with Crippen molar-refractivity contribution in [2.75, 3.05) is 0 Å². The lowest BCUT2D eigenvalue weighted by molar-refractivity contribution is 1.26. The second kappa shape index (κ2) is 4.02. The van der Waals surface area contributed by atoms with Gasteiger partial charge in [0.05, 0.1) is 5.52 Å². The number of para-hydroxylation sites is 1. The van der Waals surface area contributed by atoms with Crippen molar-refractivity contribution in [3.8, 4) is 11.1 Å². The van der Waals surface area contributed by atoms with Crippen LogP contribution in [0.15, 0.2) is 60.7 Å². The zero-order valence-corrected chi connectivity index (χ0v) is 9.72. The van der Waals surface area contributed by atoms with Crippen molar-refractivity contribution in [1.29, 1.82) is 0 Å². The largest absolute Gasteiger partial charge is 0.252 e. The van der Waals surface area contributed by atoms with E-state index < -0.39 is 0 Å². The Labute approximate surface area is 101 Å². The maximum absolute atomic E-state index is 4.65. The average molecular weight is 219 g/mol. The number of rotatable bonds is 1. The van der Waals surface area contributed by atoms with Crippen LogP contribution in [0.4, 0.5) is 0 Å². The molecule has 0 aliphatic heterocycles. The molecule has 0 bridgehead atoms. The number of hydrogen-bond donors (Lipinski definition) is 0. The van der Waals surface area contributed by atoms with E-state index in [0.717, 1.165) is 11.2 Å². The third kappa shape index (κ3) is 1.80. The molecule has 3 aromatic rings. The van der Waals surface area contributed by atoms with Gasteiger partial charge < -0.3 is 0 Å². The predicted octanol–water partition coefficient (Wildman–Crippen LogP) is 4.21. The van der Waals surface area contributed by atoms with Crippen LogP contribution in [0.25, 0.3) is 22.0 Å². The summed E-state index contributed by atoms with van der Waals surface area (Å²) in [5, 5.41) is 1.19. The van der Waals surface area contributed by atoms with Crippen LogP contribution in [0.5, 0.6) is 0 Å². The highest BCUT2D eigenvalue weighted by molar-refractivity contribution is 5.93. The molecule has 1 nitrogen and oxygen atoms in total. The Bertz CT molecular complexity index is 657. The molecule has 2 aromatic carbocycles. The third-order valence-electron chi connectivity index (χ3n) is 2.94. The molecule has 0 aliphatic carbocycles. The summed E-state index contributed by atoms with van der Waals surface area (Å²) in [5.74, 6) is 0. The highest BCUT2D eigenvalue weighted by Gasteiger charge is 2.04. The van der Waals surface area contributed by atoms with Crippen LogP contribution < -0.4 is 0 Å². The van der Waals surface area contributed by atoms with Crippen molar-refractivity contribution in [1.82, 2.24) is 4.98 Å². The first-order valence-corrected chi connectivity index (χ1v) is 5.76. The van der Waals surface area contributed by atoms with Gasteiger partial charge in [-0.3, -0.25) is 4.98 Å². The van der Waals surface area contributed by atoms with E-state index in [4.69, 9.17) is 0 Å². The van der Waals surface area contributed by atoms with Crippen LogP contribution in [-0.4, -0.2) is 4.98 Å². The van der Waals surface area contributed by atoms with Crippen LogP contribution in [0.3, 0.4) is 0 Å². The lowest BCUT2D eigenvalue weighted by atomic mass is 10.0. The number of aryl methyl sites for hydroxylation is 1. The van der Waals surface area contributed by atoms with Gasteiger partial charge in [-0.1, -0.05) is 54.6 Å². The maximum Gasteiger partial charge on any atom is 0.0783 e. The van der Waals surface area contributed by atoms with Gasteiger partial charge in [0.25, 0.3) is 0 Å². The van der Waals surface area contributed by atoms with Gasteiger partial charge >= 0.3 is 0 Å². The molecular formula is C16H13N. The van der Waals surface area contributed by atoms with Gasteiger partial charge in [-0.05, 0) is 18.6 Å². The SMILES string of the molecule is Cc1ccc2cccc(-c3ccccc3)c2n1. The first-order valence-electron chi connectivity index (χ1n) is 5.76. The summed E-state index contributed by atoms with van der Waals surface area (Å²) >= 11 is 0. The Hall–Kier alpha value is -2.15. The second-order valence-corrected chi connectivity index (χ2v) is 4.20. The van der Waals surface area contributed by atoms with Crippen molar-refractivity contribution < 1.29 is 0 Å². The molecule has 0 amide bonds. The number of fused-ring (bicyclic) bond motifs is 1. The lowest BCUT2D eigenvalue weighted by Gasteiger charge is -2.06. The summed E-state index contributed by atoms with van der Waals surface area (Å²) in [6.07, 6.45) is 0. The van der Waals surface area contributed by atoms with Crippen molar-refractivity contribution in [3.05, 3.63) is 66.4 Å². The Balaban J connectivity index is 2.33. The van der Waals surface area contributed by atoms with E-state index in [-0.39, 0.29) is 0 Å². The van der Waals surface area contributed by atoms with Crippen LogP contribution >= 0.6 is 0 Å². The summed E-state index contributed by atoms with van der Waals surface area (Å²) in [6.45, 7) is 2.03. The fraction of sp³-hybridized carbons (Fsp3) is 0.0625. The van der Waals surface area contributed by atoms with Gasteiger partial charge in [0.2, 0.25) is 0 Å². The molecule has 1 aromatic heterocycles. The van der Waals surface area contributed by atoms with Gasteiger partial charge in [-0.25, -0.2) is 0 Å². The molecule has 17 heavy (non-hydrogen) atoms. The normalized spacial score (nSPS) is 10.6. The highest BCUT2D eigenvalue weighted by Crippen LogP contribution is 2.26. The summed E-state index contributed by atoms with van der Waals surface area (Å²) in [5.41, 5.74) is 4.56. The molecule has 0 radical (unpaired) electrons. The van der Waals surface area contributed by atoms with Crippen molar-refractivity contribution in [2.45, 2.75) is 6.92 Å². The number of nitrogens with zero attached hydrogens (tertiary/aromatic N) is 1. The van der Waals surface area contributed by atoms with E-state index in [0.29, 0.717) is 0 Å². The molecular weight excluding hydrogens is 206 g/mol. The molecule has 0 saturated carbocycles. The van der Waals surface area contributed by atoms with E-state index in [1.54, 1.807) is 0 Å². The lowest BCUT2D eigenvalue weighted by Crippen LogP contribution is -1.87. The van der Waals surface area contributed by atoms with Crippen LogP contribution in [-0.2, 0) is 0 Å². The molecule has 0 saturated heterocycles. The van der Waals surface area contributed by atoms with Gasteiger partial charge in [0, 0.05) is 16.6 Å². The fourth-order valence-corrected chi connectivity index (χ4v) is 2.10. The molecule has 3 rings (SSSR count). The molecule has 0 atom stereocenters. The molecule has 82 valence electrons. The van der Waals surface area contributed by atoms with Crippen LogP contribution in [0.2, 0.25) is 0 Å². The minimum atomic E-state index is 1.06. The standard InChI is InChI=1S/C16H13N/c1-12-10-11-14-8-5-9-15(16(14)17-12)13-6-3-2-4-7-13/h2-11H,1H3. The summed E-state index contributed by atoms with van der Waals surface area (Å²) in [7, 11) is 0. The predicted molar refractivity (Wildman–Crippen MR) is 71.9 cm³/mol. The fourth-order valence-electron chi connectivity index (χ4n) is 2.10. The van der Waals surface area contributed by atoms with E-state index in [1.807, 2.05) is 13.0 Å². The molecule has 0 spiro atoms. The first-order chi connectivity index (χ1) is 8.34. The molecule has 0 N–H and O–H groups in total. The zero-order chi connectivity index (χ0) is 11.7. The Kier molecular flexibility index (Phi) is 2.37. The summed E-state index contributed by atoms with van der Waals surface area (Å²) < 4.78 is 0. The number of aromatic nitrogens is 1. The van der Waals surface area contributed by atoms with E-state index >= 15 is 0 Å². The average Bonchev–Trinajstić information content (AvgIpc) is 2.39. The topological polar surface area (TPSA) is 12.9 Å². The molecule has 0 aliphatic rings. The first kappa shape index (κ1) is 10.0. The maximum atomic E-state index is 4.65. The number of hydrogen-bond acceptors (Lipinski definition) is 1. The van der Waals surface area contributed by atoms with E-state index in [2.05, 4.69) is 59.6 Å². The van der Waals surface area contributed by atoms with Crippen molar-refractivity contribution in [3.63, 3.8) is 0 Å². The molecule has 1 heteroatoms. The van der Waals surface area contributed by atoms with E-state index in [1.165, 1.54) is 16.5 Å².